The highest BCUT2D eigenvalue weighted by Gasteiger charge is 2.18. The molecule has 2 aromatic carbocycles. The summed E-state index contributed by atoms with van der Waals surface area (Å²) < 4.78 is 37.7. The first kappa shape index (κ1) is 18.6. The van der Waals surface area contributed by atoms with E-state index in [-0.39, 0.29) is 17.3 Å². The van der Waals surface area contributed by atoms with Gasteiger partial charge in [-0.05, 0) is 42.3 Å². The van der Waals surface area contributed by atoms with Crippen LogP contribution in [0, 0.1) is 6.92 Å². The van der Waals surface area contributed by atoms with E-state index in [4.69, 9.17) is 21.1 Å². The highest BCUT2D eigenvalue weighted by Crippen LogP contribution is 2.40. The first-order chi connectivity index (χ1) is 11.4. The zero-order valence-corrected chi connectivity index (χ0v) is 15.4. The van der Waals surface area contributed by atoms with Crippen molar-refractivity contribution in [3.8, 4) is 22.6 Å². The molecule has 0 saturated heterocycles. The van der Waals surface area contributed by atoms with Gasteiger partial charge in [-0.25, -0.2) is 13.1 Å². The van der Waals surface area contributed by atoms with Crippen LogP contribution in [0.25, 0.3) is 11.1 Å². The Morgan fingerprint density at radius 1 is 1.08 bits per heavy atom. The molecule has 0 amide bonds. The van der Waals surface area contributed by atoms with Crippen LogP contribution >= 0.6 is 11.6 Å². The first-order valence-corrected chi connectivity index (χ1v) is 9.34. The Hall–Kier alpha value is -1.76. The molecule has 0 aliphatic rings. The van der Waals surface area contributed by atoms with Crippen LogP contribution in [0.2, 0.25) is 0 Å². The average Bonchev–Trinajstić information content (AvgIpc) is 2.59. The van der Waals surface area contributed by atoms with Crippen molar-refractivity contribution in [3.63, 3.8) is 0 Å². The lowest BCUT2D eigenvalue weighted by atomic mass is 9.99. The second-order valence-electron chi connectivity index (χ2n) is 5.10. The Labute approximate surface area is 147 Å². The van der Waals surface area contributed by atoms with Gasteiger partial charge in [-0.3, -0.25) is 0 Å². The summed E-state index contributed by atoms with van der Waals surface area (Å²) >= 11 is 5.54. The maximum absolute atomic E-state index is 12.2. The lowest BCUT2D eigenvalue weighted by Crippen LogP contribution is -2.25. The van der Waals surface area contributed by atoms with E-state index in [1.165, 1.54) is 0 Å². The van der Waals surface area contributed by atoms with Crippen LogP contribution in [0.1, 0.15) is 5.56 Å². The van der Waals surface area contributed by atoms with E-state index in [0.29, 0.717) is 11.5 Å². The van der Waals surface area contributed by atoms with Crippen molar-refractivity contribution < 1.29 is 17.9 Å². The van der Waals surface area contributed by atoms with E-state index in [1.54, 1.807) is 32.4 Å². The van der Waals surface area contributed by atoms with Crippen LogP contribution in [0.5, 0.6) is 11.5 Å². The fourth-order valence-corrected chi connectivity index (χ4v) is 3.78. The SMILES string of the molecule is COc1cccc(OC)c1-c1ccc(S(=O)(=O)NCCCl)cc1C. The minimum Gasteiger partial charge on any atom is -0.496 e. The van der Waals surface area contributed by atoms with Crippen LogP contribution < -0.4 is 14.2 Å². The molecule has 0 heterocycles. The summed E-state index contributed by atoms with van der Waals surface area (Å²) in [5.41, 5.74) is 2.44. The van der Waals surface area contributed by atoms with Crippen molar-refractivity contribution in [2.75, 3.05) is 26.6 Å². The van der Waals surface area contributed by atoms with Crippen molar-refractivity contribution >= 4 is 21.6 Å². The maximum Gasteiger partial charge on any atom is 0.240 e. The van der Waals surface area contributed by atoms with E-state index >= 15 is 0 Å². The van der Waals surface area contributed by atoms with Crippen molar-refractivity contribution in [3.05, 3.63) is 42.0 Å². The van der Waals surface area contributed by atoms with Gasteiger partial charge in [0, 0.05) is 12.4 Å². The molecule has 0 spiro atoms. The Morgan fingerprint density at radius 2 is 1.71 bits per heavy atom. The lowest BCUT2D eigenvalue weighted by molar-refractivity contribution is 0.397. The van der Waals surface area contributed by atoms with Crippen LogP contribution in [0.15, 0.2) is 41.3 Å². The largest absolute Gasteiger partial charge is 0.496 e. The minimum absolute atomic E-state index is 0.186. The molecule has 0 aliphatic carbocycles. The summed E-state index contributed by atoms with van der Waals surface area (Å²) in [5, 5.41) is 0. The summed E-state index contributed by atoms with van der Waals surface area (Å²) in [6.07, 6.45) is 0. The third-order valence-electron chi connectivity index (χ3n) is 3.59. The number of ether oxygens (including phenoxy) is 2. The molecule has 0 bridgehead atoms. The number of sulfonamides is 1. The molecule has 0 fully saturated rings. The maximum atomic E-state index is 12.2. The Kier molecular flexibility index (Phi) is 6.10. The molecule has 24 heavy (non-hydrogen) atoms. The zero-order valence-electron chi connectivity index (χ0n) is 13.8. The van der Waals surface area contributed by atoms with Gasteiger partial charge in [0.2, 0.25) is 10.0 Å². The predicted molar refractivity (Wildman–Crippen MR) is 95.6 cm³/mol. The monoisotopic (exact) mass is 369 g/mol. The van der Waals surface area contributed by atoms with Crippen molar-refractivity contribution in [2.24, 2.45) is 0 Å². The third kappa shape index (κ3) is 3.83. The number of methoxy groups -OCH3 is 2. The molecule has 7 heteroatoms. The molecular formula is C17H20ClNO4S. The molecule has 0 radical (unpaired) electrons. The normalized spacial score (nSPS) is 11.3. The second-order valence-corrected chi connectivity index (χ2v) is 7.25. The van der Waals surface area contributed by atoms with Gasteiger partial charge in [0.1, 0.15) is 11.5 Å². The molecular weight excluding hydrogens is 350 g/mol. The van der Waals surface area contributed by atoms with Crippen LogP contribution in [-0.2, 0) is 10.0 Å². The van der Waals surface area contributed by atoms with Gasteiger partial charge in [0.25, 0.3) is 0 Å². The summed E-state index contributed by atoms with van der Waals surface area (Å²) in [7, 11) is -0.401. The van der Waals surface area contributed by atoms with E-state index in [2.05, 4.69) is 4.72 Å². The van der Waals surface area contributed by atoms with Gasteiger partial charge < -0.3 is 9.47 Å². The van der Waals surface area contributed by atoms with Gasteiger partial charge in [-0.1, -0.05) is 12.1 Å². The highest BCUT2D eigenvalue weighted by molar-refractivity contribution is 7.89. The van der Waals surface area contributed by atoms with Crippen molar-refractivity contribution in [1.82, 2.24) is 4.72 Å². The summed E-state index contributed by atoms with van der Waals surface area (Å²) in [6, 6.07) is 10.5. The Bertz CT molecular complexity index is 799. The fraction of sp³-hybridized carbons (Fsp3) is 0.294. The summed E-state index contributed by atoms with van der Waals surface area (Å²) in [5.74, 6) is 1.54. The smallest absolute Gasteiger partial charge is 0.240 e. The highest BCUT2D eigenvalue weighted by atomic mass is 35.5. The van der Waals surface area contributed by atoms with E-state index in [0.717, 1.165) is 16.7 Å². The van der Waals surface area contributed by atoms with Gasteiger partial charge in [-0.2, -0.15) is 0 Å². The first-order valence-electron chi connectivity index (χ1n) is 7.32. The summed E-state index contributed by atoms with van der Waals surface area (Å²) in [4.78, 5) is 0.197. The minimum atomic E-state index is -3.57. The van der Waals surface area contributed by atoms with Gasteiger partial charge in [0.15, 0.2) is 0 Å². The molecule has 2 aromatic rings. The van der Waals surface area contributed by atoms with Gasteiger partial charge in [-0.15, -0.1) is 11.6 Å². The number of halogens is 1. The lowest BCUT2D eigenvalue weighted by Gasteiger charge is -2.16. The topological polar surface area (TPSA) is 64.6 Å². The van der Waals surface area contributed by atoms with E-state index in [9.17, 15) is 8.42 Å². The average molecular weight is 370 g/mol. The van der Waals surface area contributed by atoms with Crippen LogP contribution in [-0.4, -0.2) is 35.1 Å². The fourth-order valence-electron chi connectivity index (χ4n) is 2.46. The van der Waals surface area contributed by atoms with E-state index < -0.39 is 10.0 Å². The second kappa shape index (κ2) is 7.88. The number of nitrogens with one attached hydrogen (secondary N) is 1. The van der Waals surface area contributed by atoms with Crippen molar-refractivity contribution in [2.45, 2.75) is 11.8 Å². The third-order valence-corrected chi connectivity index (χ3v) is 5.24. The molecule has 0 aromatic heterocycles. The molecule has 5 nitrogen and oxygen atoms in total. The molecule has 0 aliphatic heterocycles. The quantitative estimate of drug-likeness (QED) is 0.761. The molecule has 0 unspecified atom stereocenters. The number of hydrogen-bond acceptors (Lipinski definition) is 4. The molecule has 130 valence electrons. The molecule has 0 atom stereocenters. The zero-order chi connectivity index (χ0) is 17.7. The number of alkyl halides is 1. The number of benzene rings is 2. The molecule has 0 saturated carbocycles. The molecule has 1 N–H and O–H groups in total. The predicted octanol–water partition coefficient (Wildman–Crippen LogP) is 3.20. The van der Waals surface area contributed by atoms with Crippen LogP contribution in [0.3, 0.4) is 0 Å². The van der Waals surface area contributed by atoms with Crippen molar-refractivity contribution in [1.29, 1.82) is 0 Å². The number of rotatable bonds is 7. The Balaban J connectivity index is 2.53. The Morgan fingerprint density at radius 3 is 2.21 bits per heavy atom. The molecule has 2 rings (SSSR count). The van der Waals surface area contributed by atoms with Gasteiger partial charge >= 0.3 is 0 Å². The van der Waals surface area contributed by atoms with Gasteiger partial charge in [0.05, 0.1) is 24.7 Å². The standard InChI is InChI=1S/C17H20ClNO4S/c1-12-11-13(24(20,21)19-10-9-18)7-8-14(12)17-15(22-2)5-4-6-16(17)23-3/h4-8,11,19H,9-10H2,1-3H3. The number of hydrogen-bond donors (Lipinski definition) is 1. The number of aryl methyl sites for hydroxylation is 1. The van der Waals surface area contributed by atoms with E-state index in [1.807, 2.05) is 25.1 Å². The summed E-state index contributed by atoms with van der Waals surface area (Å²) in [6.45, 7) is 2.03. The van der Waals surface area contributed by atoms with Crippen LogP contribution in [0.4, 0.5) is 0 Å².